The molecule has 34 heavy (non-hydrogen) atoms. The van der Waals surface area contributed by atoms with Crippen molar-refractivity contribution in [3.05, 3.63) is 94.5 Å². The van der Waals surface area contributed by atoms with E-state index < -0.39 is 10.0 Å². The fourth-order valence-corrected chi connectivity index (χ4v) is 6.04. The molecular weight excluding hydrogens is 468 g/mol. The second kappa shape index (κ2) is 10.2. The molecule has 1 atom stereocenters. The molecule has 0 N–H and O–H groups in total. The van der Waals surface area contributed by atoms with Crippen LogP contribution in [0.15, 0.2) is 77.7 Å². The van der Waals surface area contributed by atoms with Crippen molar-refractivity contribution in [1.29, 1.82) is 0 Å². The lowest BCUT2D eigenvalue weighted by Gasteiger charge is -2.31. The summed E-state index contributed by atoms with van der Waals surface area (Å²) in [5.41, 5.74) is 2.73. The quantitative estimate of drug-likeness (QED) is 0.426. The molecule has 7 heteroatoms. The first-order valence-electron chi connectivity index (χ1n) is 11.5. The standard InChI is InChI=1S/C27H29ClN2O3S/c1-20-7-6-16-29(18-20)27(31)23-13-11-22(12-14-23)19-30(26-17-24(28)15-10-21(26)2)34(32,33)25-8-4-3-5-9-25/h3-5,8-15,17,20H,6-7,16,18-19H2,1-2H3/t20-/m0/s1. The number of carbonyl (C=O) groups is 1. The summed E-state index contributed by atoms with van der Waals surface area (Å²) in [5, 5.41) is 0.463. The minimum absolute atomic E-state index is 0.0255. The van der Waals surface area contributed by atoms with Gasteiger partial charge in [-0.1, -0.05) is 54.9 Å². The number of hydrogen-bond donors (Lipinski definition) is 0. The lowest BCUT2D eigenvalue weighted by molar-refractivity contribution is 0.0683. The second-order valence-corrected chi connectivity index (χ2v) is 11.2. The molecule has 0 spiro atoms. The van der Waals surface area contributed by atoms with Crippen LogP contribution in [-0.4, -0.2) is 32.3 Å². The van der Waals surface area contributed by atoms with Crippen molar-refractivity contribution < 1.29 is 13.2 Å². The maximum absolute atomic E-state index is 13.6. The molecular formula is C27H29ClN2O3S. The Morgan fingerprint density at radius 3 is 2.44 bits per heavy atom. The Labute approximate surface area is 207 Å². The summed E-state index contributed by atoms with van der Waals surface area (Å²) in [6.07, 6.45) is 2.17. The number of nitrogens with zero attached hydrogens (tertiary/aromatic N) is 2. The van der Waals surface area contributed by atoms with E-state index in [1.54, 1.807) is 54.6 Å². The second-order valence-electron chi connectivity index (χ2n) is 8.95. The average molecular weight is 497 g/mol. The van der Waals surface area contributed by atoms with Crippen molar-refractivity contribution in [2.75, 3.05) is 17.4 Å². The summed E-state index contributed by atoms with van der Waals surface area (Å²) in [4.78, 5) is 15.0. The number of halogens is 1. The first-order valence-corrected chi connectivity index (χ1v) is 13.3. The number of amides is 1. The summed E-state index contributed by atoms with van der Waals surface area (Å²) in [6, 6.07) is 20.8. The number of carbonyl (C=O) groups excluding carboxylic acids is 1. The smallest absolute Gasteiger partial charge is 0.264 e. The lowest BCUT2D eigenvalue weighted by Crippen LogP contribution is -2.39. The van der Waals surface area contributed by atoms with Gasteiger partial charge in [-0.05, 0) is 73.2 Å². The predicted molar refractivity (Wildman–Crippen MR) is 137 cm³/mol. The molecule has 178 valence electrons. The Morgan fingerprint density at radius 2 is 1.76 bits per heavy atom. The number of aryl methyl sites for hydroxylation is 1. The topological polar surface area (TPSA) is 57.7 Å². The number of likely N-dealkylation sites (tertiary alicyclic amines) is 1. The van der Waals surface area contributed by atoms with Crippen LogP contribution in [0.25, 0.3) is 0 Å². The number of rotatable bonds is 6. The number of benzene rings is 3. The maximum Gasteiger partial charge on any atom is 0.264 e. The monoisotopic (exact) mass is 496 g/mol. The third kappa shape index (κ3) is 5.29. The predicted octanol–water partition coefficient (Wildman–Crippen LogP) is 5.92. The molecule has 1 fully saturated rings. The molecule has 0 aliphatic carbocycles. The fraction of sp³-hybridized carbons (Fsp3) is 0.296. The van der Waals surface area contributed by atoms with E-state index in [-0.39, 0.29) is 17.3 Å². The van der Waals surface area contributed by atoms with Gasteiger partial charge >= 0.3 is 0 Å². The van der Waals surface area contributed by atoms with Gasteiger partial charge in [0.15, 0.2) is 0 Å². The van der Waals surface area contributed by atoms with Gasteiger partial charge in [0, 0.05) is 23.7 Å². The largest absolute Gasteiger partial charge is 0.338 e. The van der Waals surface area contributed by atoms with Crippen LogP contribution >= 0.6 is 11.6 Å². The molecule has 1 amide bonds. The third-order valence-electron chi connectivity index (χ3n) is 6.24. The zero-order valence-electron chi connectivity index (χ0n) is 19.4. The Hall–Kier alpha value is -2.83. The normalized spacial score (nSPS) is 16.3. The first-order chi connectivity index (χ1) is 16.3. The van der Waals surface area contributed by atoms with Gasteiger partial charge in [-0.2, -0.15) is 0 Å². The van der Waals surface area contributed by atoms with Gasteiger partial charge < -0.3 is 4.90 Å². The van der Waals surface area contributed by atoms with Crippen LogP contribution in [0, 0.1) is 12.8 Å². The SMILES string of the molecule is Cc1ccc(Cl)cc1N(Cc1ccc(C(=O)N2CCC[C@H](C)C2)cc1)S(=O)(=O)c1ccccc1. The molecule has 0 aromatic heterocycles. The van der Waals surface area contributed by atoms with Gasteiger partial charge in [0.1, 0.15) is 0 Å². The molecule has 1 aliphatic rings. The summed E-state index contributed by atoms with van der Waals surface area (Å²) in [5.74, 6) is 0.534. The minimum Gasteiger partial charge on any atom is -0.338 e. The highest BCUT2D eigenvalue weighted by atomic mass is 35.5. The van der Waals surface area contributed by atoms with E-state index in [4.69, 9.17) is 11.6 Å². The summed E-state index contributed by atoms with van der Waals surface area (Å²) >= 11 is 6.24. The average Bonchev–Trinajstić information content (AvgIpc) is 2.84. The van der Waals surface area contributed by atoms with Crippen molar-refractivity contribution in [2.45, 2.75) is 38.1 Å². The molecule has 1 saturated heterocycles. The molecule has 5 nitrogen and oxygen atoms in total. The molecule has 1 heterocycles. The molecule has 3 aromatic rings. The fourth-order valence-electron chi connectivity index (χ4n) is 4.35. The van der Waals surface area contributed by atoms with Crippen LogP contribution in [0.2, 0.25) is 5.02 Å². The van der Waals surface area contributed by atoms with Crippen LogP contribution in [0.5, 0.6) is 0 Å². The molecule has 1 aliphatic heterocycles. The number of piperidine rings is 1. The van der Waals surface area contributed by atoms with Gasteiger partial charge in [-0.25, -0.2) is 8.42 Å². The van der Waals surface area contributed by atoms with E-state index in [2.05, 4.69) is 6.92 Å². The van der Waals surface area contributed by atoms with Crippen molar-refractivity contribution in [1.82, 2.24) is 4.90 Å². The molecule has 0 radical (unpaired) electrons. The highest BCUT2D eigenvalue weighted by Crippen LogP contribution is 2.31. The zero-order chi connectivity index (χ0) is 24.3. The molecule has 0 bridgehead atoms. The Morgan fingerprint density at radius 1 is 1.06 bits per heavy atom. The van der Waals surface area contributed by atoms with Crippen LogP contribution in [0.3, 0.4) is 0 Å². The summed E-state index contributed by atoms with van der Waals surface area (Å²) in [7, 11) is -3.84. The third-order valence-corrected chi connectivity index (χ3v) is 8.25. The van der Waals surface area contributed by atoms with Gasteiger partial charge in [0.2, 0.25) is 0 Å². The van der Waals surface area contributed by atoms with Crippen molar-refractivity contribution >= 4 is 33.2 Å². The van der Waals surface area contributed by atoms with Crippen molar-refractivity contribution in [3.8, 4) is 0 Å². The molecule has 4 rings (SSSR count). The van der Waals surface area contributed by atoms with Crippen LogP contribution in [0.4, 0.5) is 5.69 Å². The Balaban J connectivity index is 1.64. The lowest BCUT2D eigenvalue weighted by atomic mass is 9.99. The Bertz CT molecular complexity index is 1260. The Kier molecular flexibility index (Phi) is 7.29. The van der Waals surface area contributed by atoms with Gasteiger partial charge in [-0.15, -0.1) is 0 Å². The minimum atomic E-state index is -3.84. The highest BCUT2D eigenvalue weighted by molar-refractivity contribution is 7.92. The number of anilines is 1. The van der Waals surface area contributed by atoms with Gasteiger partial charge in [-0.3, -0.25) is 9.10 Å². The van der Waals surface area contributed by atoms with Crippen LogP contribution in [-0.2, 0) is 16.6 Å². The first kappa shape index (κ1) is 24.3. The van der Waals surface area contributed by atoms with E-state index in [0.29, 0.717) is 22.2 Å². The van der Waals surface area contributed by atoms with Gasteiger partial charge in [0.25, 0.3) is 15.9 Å². The highest BCUT2D eigenvalue weighted by Gasteiger charge is 2.27. The number of hydrogen-bond acceptors (Lipinski definition) is 3. The van der Waals surface area contributed by atoms with E-state index in [1.807, 2.05) is 30.0 Å². The van der Waals surface area contributed by atoms with Crippen LogP contribution in [0.1, 0.15) is 41.3 Å². The van der Waals surface area contributed by atoms with Crippen molar-refractivity contribution in [2.24, 2.45) is 5.92 Å². The van der Waals surface area contributed by atoms with E-state index in [0.717, 1.165) is 37.1 Å². The maximum atomic E-state index is 13.6. The summed E-state index contributed by atoms with van der Waals surface area (Å²) in [6.45, 7) is 5.70. The number of sulfonamides is 1. The molecule has 0 saturated carbocycles. The van der Waals surface area contributed by atoms with E-state index >= 15 is 0 Å². The summed E-state index contributed by atoms with van der Waals surface area (Å²) < 4.78 is 28.7. The van der Waals surface area contributed by atoms with E-state index in [1.165, 1.54) is 4.31 Å². The van der Waals surface area contributed by atoms with Crippen molar-refractivity contribution in [3.63, 3.8) is 0 Å². The zero-order valence-corrected chi connectivity index (χ0v) is 21.0. The van der Waals surface area contributed by atoms with E-state index in [9.17, 15) is 13.2 Å². The molecule has 3 aromatic carbocycles. The van der Waals surface area contributed by atoms with Gasteiger partial charge in [0.05, 0.1) is 17.1 Å². The molecule has 0 unspecified atom stereocenters. The van der Waals surface area contributed by atoms with Crippen LogP contribution < -0.4 is 4.31 Å².